The summed E-state index contributed by atoms with van der Waals surface area (Å²) in [6, 6.07) is 13.4. The van der Waals surface area contributed by atoms with Crippen molar-refractivity contribution in [2.75, 3.05) is 11.9 Å². The van der Waals surface area contributed by atoms with Crippen LogP contribution < -0.4 is 16.4 Å². The summed E-state index contributed by atoms with van der Waals surface area (Å²) >= 11 is 0. The Morgan fingerprint density at radius 3 is 2.21 bits per heavy atom. The molecule has 6 heteroatoms. The molecule has 0 aliphatic carbocycles. The Kier molecular flexibility index (Phi) is 5.68. The highest BCUT2D eigenvalue weighted by molar-refractivity contribution is 6.00. The maximum absolute atomic E-state index is 12.0. The summed E-state index contributed by atoms with van der Waals surface area (Å²) in [4.78, 5) is 35.0. The van der Waals surface area contributed by atoms with Crippen molar-refractivity contribution in [1.29, 1.82) is 0 Å². The fourth-order valence-electron chi connectivity index (χ4n) is 2.19. The number of carbonyl (C=O) groups is 3. The number of anilines is 1. The van der Waals surface area contributed by atoms with E-state index in [1.165, 1.54) is 24.3 Å². The molecule has 0 bridgehead atoms. The van der Waals surface area contributed by atoms with Crippen molar-refractivity contribution in [3.63, 3.8) is 0 Å². The van der Waals surface area contributed by atoms with Crippen molar-refractivity contribution in [3.8, 4) is 0 Å². The van der Waals surface area contributed by atoms with Gasteiger partial charge in [-0.1, -0.05) is 25.1 Å². The maximum Gasteiger partial charge on any atom is 0.251 e. The number of amides is 3. The molecule has 0 heterocycles. The normalized spacial score (nSPS) is 10.0. The van der Waals surface area contributed by atoms with Gasteiger partial charge in [-0.05, 0) is 42.3 Å². The van der Waals surface area contributed by atoms with Crippen LogP contribution in [0, 0.1) is 0 Å². The van der Waals surface area contributed by atoms with Crippen LogP contribution in [-0.2, 0) is 11.2 Å². The summed E-state index contributed by atoms with van der Waals surface area (Å²) < 4.78 is 0. The van der Waals surface area contributed by atoms with Gasteiger partial charge >= 0.3 is 0 Å². The molecular formula is C18H19N3O3. The van der Waals surface area contributed by atoms with Crippen LogP contribution in [-0.4, -0.2) is 24.3 Å². The van der Waals surface area contributed by atoms with E-state index < -0.39 is 11.8 Å². The van der Waals surface area contributed by atoms with Crippen LogP contribution in [0.1, 0.15) is 33.2 Å². The first-order valence-corrected chi connectivity index (χ1v) is 7.57. The van der Waals surface area contributed by atoms with Gasteiger partial charge in [0.25, 0.3) is 5.91 Å². The number of primary amides is 1. The molecule has 4 N–H and O–H groups in total. The molecule has 2 aromatic carbocycles. The summed E-state index contributed by atoms with van der Waals surface area (Å²) in [5.74, 6) is -1.26. The molecule has 0 aromatic heterocycles. The van der Waals surface area contributed by atoms with Gasteiger partial charge in [0.2, 0.25) is 11.8 Å². The molecule has 2 aromatic rings. The molecule has 2 rings (SSSR count). The molecule has 124 valence electrons. The Morgan fingerprint density at radius 2 is 1.58 bits per heavy atom. The number of benzene rings is 2. The maximum atomic E-state index is 12.0. The molecule has 0 aliphatic rings. The van der Waals surface area contributed by atoms with E-state index in [2.05, 4.69) is 10.6 Å². The number of nitrogens with one attached hydrogen (secondary N) is 2. The largest absolute Gasteiger partial charge is 0.366 e. The van der Waals surface area contributed by atoms with Crippen molar-refractivity contribution in [2.45, 2.75) is 13.3 Å². The number of carbonyl (C=O) groups excluding carboxylic acids is 3. The second kappa shape index (κ2) is 7.92. The fraction of sp³-hybridized carbons (Fsp3) is 0.167. The minimum Gasteiger partial charge on any atom is -0.366 e. The summed E-state index contributed by atoms with van der Waals surface area (Å²) in [5, 5.41) is 5.32. The lowest BCUT2D eigenvalue weighted by molar-refractivity contribution is -0.115. The Hall–Kier alpha value is -3.15. The van der Waals surface area contributed by atoms with Crippen molar-refractivity contribution in [2.24, 2.45) is 5.73 Å². The van der Waals surface area contributed by atoms with Crippen LogP contribution in [0.25, 0.3) is 0 Å². The number of aryl methyl sites for hydroxylation is 1. The van der Waals surface area contributed by atoms with E-state index in [1.54, 1.807) is 0 Å². The molecule has 0 saturated heterocycles. The predicted octanol–water partition coefficient (Wildman–Crippen LogP) is 1.72. The van der Waals surface area contributed by atoms with Gasteiger partial charge < -0.3 is 16.4 Å². The highest BCUT2D eigenvalue weighted by atomic mass is 16.2. The first kappa shape index (κ1) is 17.2. The van der Waals surface area contributed by atoms with Crippen LogP contribution in [0.3, 0.4) is 0 Å². The minimum atomic E-state index is -0.559. The van der Waals surface area contributed by atoms with Crippen LogP contribution >= 0.6 is 0 Å². The van der Waals surface area contributed by atoms with Gasteiger partial charge in [-0.3, -0.25) is 14.4 Å². The van der Waals surface area contributed by atoms with Crippen molar-refractivity contribution < 1.29 is 14.4 Å². The van der Waals surface area contributed by atoms with E-state index in [1.807, 2.05) is 31.2 Å². The number of rotatable bonds is 6. The van der Waals surface area contributed by atoms with E-state index in [0.717, 1.165) is 17.7 Å². The average Bonchev–Trinajstić information content (AvgIpc) is 2.60. The molecule has 0 radical (unpaired) electrons. The van der Waals surface area contributed by atoms with Gasteiger partial charge in [-0.25, -0.2) is 0 Å². The van der Waals surface area contributed by atoms with Crippen LogP contribution in [0.4, 0.5) is 5.69 Å². The monoisotopic (exact) mass is 325 g/mol. The van der Waals surface area contributed by atoms with Crippen LogP contribution in [0.5, 0.6) is 0 Å². The van der Waals surface area contributed by atoms with Crippen molar-refractivity contribution in [3.05, 3.63) is 65.2 Å². The summed E-state index contributed by atoms with van der Waals surface area (Å²) in [6.07, 6.45) is 0.801. The zero-order chi connectivity index (χ0) is 17.5. The Morgan fingerprint density at radius 1 is 0.958 bits per heavy atom. The van der Waals surface area contributed by atoms with Gasteiger partial charge in [0, 0.05) is 16.8 Å². The third kappa shape index (κ3) is 4.42. The lowest BCUT2D eigenvalue weighted by Crippen LogP contribution is -2.33. The molecule has 24 heavy (non-hydrogen) atoms. The highest BCUT2D eigenvalue weighted by Crippen LogP contribution is 2.15. The third-order valence-corrected chi connectivity index (χ3v) is 3.51. The molecule has 6 nitrogen and oxygen atoms in total. The standard InChI is InChI=1S/C18H19N3O3/c1-2-12-5-3-4-6-15(12)21-16(22)11-20-18(24)14-9-7-13(8-10-14)17(19)23/h3-10H,2,11H2,1H3,(H2,19,23)(H,20,24)(H,21,22). The highest BCUT2D eigenvalue weighted by Gasteiger charge is 2.10. The predicted molar refractivity (Wildman–Crippen MR) is 91.7 cm³/mol. The van der Waals surface area contributed by atoms with E-state index in [-0.39, 0.29) is 12.5 Å². The smallest absolute Gasteiger partial charge is 0.251 e. The summed E-state index contributed by atoms with van der Waals surface area (Å²) in [5.41, 5.74) is 7.58. The number of para-hydroxylation sites is 1. The molecule has 0 unspecified atom stereocenters. The number of hydrogen-bond acceptors (Lipinski definition) is 3. The lowest BCUT2D eigenvalue weighted by Gasteiger charge is -2.10. The zero-order valence-corrected chi connectivity index (χ0v) is 13.3. The molecule has 0 aliphatic heterocycles. The van der Waals surface area contributed by atoms with Gasteiger partial charge in [-0.2, -0.15) is 0 Å². The van der Waals surface area contributed by atoms with E-state index in [4.69, 9.17) is 5.73 Å². The quantitative estimate of drug-likeness (QED) is 0.753. The number of hydrogen-bond donors (Lipinski definition) is 3. The Bertz CT molecular complexity index is 754. The SMILES string of the molecule is CCc1ccccc1NC(=O)CNC(=O)c1ccc(C(N)=O)cc1. The second-order valence-corrected chi connectivity index (χ2v) is 5.18. The van der Waals surface area contributed by atoms with Crippen molar-refractivity contribution in [1.82, 2.24) is 5.32 Å². The Labute approximate surface area is 140 Å². The third-order valence-electron chi connectivity index (χ3n) is 3.51. The summed E-state index contributed by atoms with van der Waals surface area (Å²) in [6.45, 7) is 1.86. The molecule has 0 spiro atoms. The molecular weight excluding hydrogens is 306 g/mol. The molecule has 0 atom stereocenters. The molecule has 3 amide bonds. The zero-order valence-electron chi connectivity index (χ0n) is 13.3. The minimum absolute atomic E-state index is 0.144. The van der Waals surface area contributed by atoms with E-state index in [0.29, 0.717) is 11.1 Å². The summed E-state index contributed by atoms with van der Waals surface area (Å²) in [7, 11) is 0. The average molecular weight is 325 g/mol. The van der Waals surface area contributed by atoms with Gasteiger partial charge in [-0.15, -0.1) is 0 Å². The molecule has 0 fully saturated rings. The second-order valence-electron chi connectivity index (χ2n) is 5.18. The lowest BCUT2D eigenvalue weighted by atomic mass is 10.1. The molecule has 0 saturated carbocycles. The first-order chi connectivity index (χ1) is 11.5. The van der Waals surface area contributed by atoms with Gasteiger partial charge in [0.15, 0.2) is 0 Å². The topological polar surface area (TPSA) is 101 Å². The van der Waals surface area contributed by atoms with Gasteiger partial charge in [0.05, 0.1) is 6.54 Å². The van der Waals surface area contributed by atoms with E-state index >= 15 is 0 Å². The van der Waals surface area contributed by atoms with Crippen LogP contribution in [0.15, 0.2) is 48.5 Å². The van der Waals surface area contributed by atoms with E-state index in [9.17, 15) is 14.4 Å². The Balaban J connectivity index is 1.91. The fourth-order valence-corrected chi connectivity index (χ4v) is 2.19. The van der Waals surface area contributed by atoms with Crippen LogP contribution in [0.2, 0.25) is 0 Å². The van der Waals surface area contributed by atoms with Gasteiger partial charge in [0.1, 0.15) is 0 Å². The first-order valence-electron chi connectivity index (χ1n) is 7.57. The number of nitrogens with two attached hydrogens (primary N) is 1. The van der Waals surface area contributed by atoms with Crippen molar-refractivity contribution >= 4 is 23.4 Å².